The van der Waals surface area contributed by atoms with Gasteiger partial charge in [0.05, 0.1) is 17.9 Å². The van der Waals surface area contributed by atoms with Gasteiger partial charge in [0.25, 0.3) is 0 Å². The summed E-state index contributed by atoms with van der Waals surface area (Å²) in [5.74, 6) is -1.11. The molecule has 1 aromatic rings. The fraction of sp³-hybridized carbons (Fsp3) is 0.421. The third-order valence-corrected chi connectivity index (χ3v) is 6.23. The van der Waals surface area contributed by atoms with Gasteiger partial charge in [-0.25, -0.2) is 0 Å². The van der Waals surface area contributed by atoms with Crippen LogP contribution in [-0.2, 0) is 14.4 Å². The maximum atomic E-state index is 12.6. The molecule has 0 aromatic heterocycles. The van der Waals surface area contributed by atoms with Crippen LogP contribution in [0.15, 0.2) is 30.4 Å². The summed E-state index contributed by atoms with van der Waals surface area (Å²) in [7, 11) is 0. The van der Waals surface area contributed by atoms with Crippen molar-refractivity contribution in [3.8, 4) is 0 Å². The van der Waals surface area contributed by atoms with Crippen molar-refractivity contribution in [3.63, 3.8) is 0 Å². The Morgan fingerprint density at radius 1 is 1.19 bits per heavy atom. The van der Waals surface area contributed by atoms with Crippen molar-refractivity contribution < 1.29 is 14.4 Å². The van der Waals surface area contributed by atoms with E-state index in [0.29, 0.717) is 10.0 Å². The quantitative estimate of drug-likeness (QED) is 0.632. The van der Waals surface area contributed by atoms with Crippen molar-refractivity contribution in [2.45, 2.75) is 19.4 Å². The van der Waals surface area contributed by atoms with Gasteiger partial charge in [-0.2, -0.15) is 0 Å². The molecule has 2 aliphatic carbocycles. The van der Waals surface area contributed by atoms with Gasteiger partial charge in [-0.15, -0.1) is 0 Å². The molecule has 26 heavy (non-hydrogen) atoms. The zero-order valence-electron chi connectivity index (χ0n) is 14.1. The van der Waals surface area contributed by atoms with E-state index >= 15 is 0 Å². The summed E-state index contributed by atoms with van der Waals surface area (Å²) < 4.78 is 0. The Kier molecular flexibility index (Phi) is 4.32. The van der Waals surface area contributed by atoms with E-state index in [1.165, 1.54) is 0 Å². The monoisotopic (exact) mass is 392 g/mol. The van der Waals surface area contributed by atoms with Gasteiger partial charge in [0.1, 0.15) is 6.54 Å². The molecule has 5 nitrogen and oxygen atoms in total. The average molecular weight is 393 g/mol. The zero-order valence-corrected chi connectivity index (χ0v) is 15.6. The number of nitrogens with one attached hydrogen (secondary N) is 1. The Balaban J connectivity index is 1.42. The van der Waals surface area contributed by atoms with Crippen LogP contribution >= 0.6 is 23.2 Å². The molecule has 1 saturated carbocycles. The summed E-state index contributed by atoms with van der Waals surface area (Å²) in [4.78, 5) is 38.8. The van der Waals surface area contributed by atoms with E-state index in [1.807, 2.05) is 12.2 Å². The zero-order chi connectivity index (χ0) is 18.6. The lowest BCUT2D eigenvalue weighted by molar-refractivity contribution is -0.144. The summed E-state index contributed by atoms with van der Waals surface area (Å²) in [6, 6.07) is 4.69. The summed E-state index contributed by atoms with van der Waals surface area (Å²) in [6.45, 7) is 1.54. The standard InChI is InChI=1S/C19H18Cl2N2O3/c1-9(13-5-4-12(20)7-14(13)21)22-15(24)8-23-18(25)16-10-2-3-11(6-10)17(16)19(23)26/h2-5,7,9-11,16-17H,6,8H2,1H3,(H,22,24). The number of fused-ring (bicyclic) bond motifs is 5. The summed E-state index contributed by atoms with van der Waals surface area (Å²) in [5.41, 5.74) is 0.725. The molecule has 3 amide bonds. The fourth-order valence-electron chi connectivity index (χ4n) is 4.48. The summed E-state index contributed by atoms with van der Waals surface area (Å²) in [5, 5.41) is 3.77. The van der Waals surface area contributed by atoms with Gasteiger partial charge in [0, 0.05) is 10.0 Å². The third-order valence-electron chi connectivity index (χ3n) is 5.67. The molecule has 2 fully saturated rings. The number of hydrogen-bond donors (Lipinski definition) is 1. The predicted molar refractivity (Wildman–Crippen MR) is 97.5 cm³/mol. The first-order valence-corrected chi connectivity index (χ1v) is 9.40. The van der Waals surface area contributed by atoms with Gasteiger partial charge in [0.2, 0.25) is 17.7 Å². The maximum absolute atomic E-state index is 12.6. The fourth-order valence-corrected chi connectivity index (χ4v) is 5.05. The molecular weight excluding hydrogens is 375 g/mol. The van der Waals surface area contributed by atoms with Crippen molar-refractivity contribution in [1.82, 2.24) is 10.2 Å². The van der Waals surface area contributed by atoms with Crippen LogP contribution in [0.2, 0.25) is 10.0 Å². The van der Waals surface area contributed by atoms with E-state index in [0.717, 1.165) is 16.9 Å². The highest BCUT2D eigenvalue weighted by atomic mass is 35.5. The van der Waals surface area contributed by atoms with E-state index in [1.54, 1.807) is 25.1 Å². The Bertz CT molecular complexity index is 808. The van der Waals surface area contributed by atoms with E-state index in [9.17, 15) is 14.4 Å². The third kappa shape index (κ3) is 2.74. The van der Waals surface area contributed by atoms with Crippen molar-refractivity contribution in [2.24, 2.45) is 23.7 Å². The van der Waals surface area contributed by atoms with Gasteiger partial charge < -0.3 is 5.32 Å². The number of nitrogens with zero attached hydrogens (tertiary/aromatic N) is 1. The van der Waals surface area contributed by atoms with Gasteiger partial charge in [-0.3, -0.25) is 19.3 Å². The molecule has 136 valence electrons. The van der Waals surface area contributed by atoms with Gasteiger partial charge >= 0.3 is 0 Å². The van der Waals surface area contributed by atoms with Crippen LogP contribution in [0.5, 0.6) is 0 Å². The minimum atomic E-state index is -0.384. The van der Waals surface area contributed by atoms with Crippen LogP contribution in [0.3, 0.4) is 0 Å². The van der Waals surface area contributed by atoms with Crippen LogP contribution < -0.4 is 5.32 Å². The molecule has 3 aliphatic rings. The maximum Gasteiger partial charge on any atom is 0.240 e. The highest BCUT2D eigenvalue weighted by Gasteiger charge is 2.59. The number of allylic oxidation sites excluding steroid dienone is 2. The average Bonchev–Trinajstić information content (AvgIpc) is 3.24. The molecule has 1 heterocycles. The second-order valence-electron chi connectivity index (χ2n) is 7.22. The first-order chi connectivity index (χ1) is 12.4. The molecule has 0 spiro atoms. The molecular formula is C19H18Cl2N2O3. The van der Waals surface area contributed by atoms with Crippen molar-refractivity contribution in [2.75, 3.05) is 6.54 Å². The summed E-state index contributed by atoms with van der Waals surface area (Å²) >= 11 is 12.1. The van der Waals surface area contributed by atoms with Crippen LogP contribution in [0.1, 0.15) is 24.9 Å². The Labute approximate surface area is 161 Å². The lowest BCUT2D eigenvalue weighted by atomic mass is 9.85. The molecule has 5 atom stereocenters. The predicted octanol–water partition coefficient (Wildman–Crippen LogP) is 2.98. The molecule has 1 saturated heterocycles. The second kappa shape index (κ2) is 6.39. The van der Waals surface area contributed by atoms with Crippen LogP contribution in [0.4, 0.5) is 0 Å². The molecule has 1 N–H and O–H groups in total. The minimum Gasteiger partial charge on any atom is -0.348 e. The number of likely N-dealkylation sites (tertiary alicyclic amines) is 1. The van der Waals surface area contributed by atoms with Crippen molar-refractivity contribution >= 4 is 40.9 Å². The normalized spacial score (nSPS) is 30.0. The van der Waals surface area contributed by atoms with Gasteiger partial charge in [0.15, 0.2) is 0 Å². The van der Waals surface area contributed by atoms with Gasteiger partial charge in [-0.05, 0) is 42.9 Å². The van der Waals surface area contributed by atoms with Crippen LogP contribution in [0.25, 0.3) is 0 Å². The Morgan fingerprint density at radius 3 is 2.38 bits per heavy atom. The minimum absolute atomic E-state index is 0.140. The molecule has 0 radical (unpaired) electrons. The number of carbonyl (C=O) groups excluding carboxylic acids is 3. The lowest BCUT2D eigenvalue weighted by Crippen LogP contribution is -2.42. The van der Waals surface area contributed by atoms with Crippen LogP contribution in [0, 0.1) is 23.7 Å². The van der Waals surface area contributed by atoms with Crippen molar-refractivity contribution in [1.29, 1.82) is 0 Å². The number of carbonyl (C=O) groups is 3. The molecule has 7 heteroatoms. The van der Waals surface area contributed by atoms with E-state index < -0.39 is 0 Å². The number of halogens is 2. The molecule has 2 bridgehead atoms. The highest BCUT2D eigenvalue weighted by molar-refractivity contribution is 6.35. The second-order valence-corrected chi connectivity index (χ2v) is 8.06. The number of amides is 3. The highest BCUT2D eigenvalue weighted by Crippen LogP contribution is 2.52. The number of benzene rings is 1. The number of imide groups is 1. The summed E-state index contributed by atoms with van der Waals surface area (Å²) in [6.07, 6.45) is 4.94. The van der Waals surface area contributed by atoms with E-state index in [2.05, 4.69) is 5.32 Å². The Morgan fingerprint density at radius 2 is 1.81 bits per heavy atom. The topological polar surface area (TPSA) is 66.5 Å². The first-order valence-electron chi connectivity index (χ1n) is 8.64. The van der Waals surface area contributed by atoms with Crippen LogP contribution in [-0.4, -0.2) is 29.2 Å². The molecule has 4 rings (SSSR count). The van der Waals surface area contributed by atoms with Crippen molar-refractivity contribution in [3.05, 3.63) is 46.0 Å². The largest absolute Gasteiger partial charge is 0.348 e. The van der Waals surface area contributed by atoms with Gasteiger partial charge in [-0.1, -0.05) is 41.4 Å². The van der Waals surface area contributed by atoms with E-state index in [4.69, 9.17) is 23.2 Å². The SMILES string of the molecule is CC(NC(=O)CN1C(=O)C2C3C=CC(C3)C2C1=O)c1ccc(Cl)cc1Cl. The number of rotatable bonds is 4. The van der Waals surface area contributed by atoms with E-state index in [-0.39, 0.29) is 54.0 Å². The molecule has 1 aromatic carbocycles. The first kappa shape index (κ1) is 17.6. The Hall–Kier alpha value is -1.85. The molecule has 1 aliphatic heterocycles. The molecule has 5 unspecified atom stereocenters. The number of hydrogen-bond acceptors (Lipinski definition) is 3. The lowest BCUT2D eigenvalue weighted by Gasteiger charge is -2.20. The smallest absolute Gasteiger partial charge is 0.240 e.